The van der Waals surface area contributed by atoms with Crippen LogP contribution in [0.3, 0.4) is 0 Å². The number of hydrogen-bond acceptors (Lipinski definition) is 10. The maximum atomic E-state index is 14.0. The maximum absolute atomic E-state index is 14.0. The molecule has 0 spiro atoms. The third-order valence-corrected chi connectivity index (χ3v) is 9.10. The summed E-state index contributed by atoms with van der Waals surface area (Å²) in [6.45, 7) is 7.35. The number of aromatic nitrogens is 6. The molecule has 11 nitrogen and oxygen atoms in total. The summed E-state index contributed by atoms with van der Waals surface area (Å²) in [6, 6.07) is 12.4. The summed E-state index contributed by atoms with van der Waals surface area (Å²) in [4.78, 5) is 43.8. The molecule has 0 unspecified atom stereocenters. The maximum Gasteiger partial charge on any atom is 0.232 e. The van der Waals surface area contributed by atoms with Crippen molar-refractivity contribution in [1.29, 1.82) is 5.26 Å². The predicted octanol–water partition coefficient (Wildman–Crippen LogP) is 5.35. The fourth-order valence-corrected chi connectivity index (χ4v) is 6.46. The number of rotatable bonds is 11. The average molecular weight is 632 g/mol. The molecule has 1 N–H and O–H groups in total. The first kappa shape index (κ1) is 32.1. The fraction of sp³-hybridized carbons (Fsp3) is 0.444. The van der Waals surface area contributed by atoms with E-state index in [1.807, 2.05) is 56.3 Å². The van der Waals surface area contributed by atoms with Gasteiger partial charge in [0.2, 0.25) is 17.8 Å². The molecule has 11 heteroatoms. The fourth-order valence-electron chi connectivity index (χ4n) is 6.46. The van der Waals surface area contributed by atoms with E-state index < -0.39 is 0 Å². The van der Waals surface area contributed by atoms with Crippen LogP contribution >= 0.6 is 0 Å². The van der Waals surface area contributed by atoms with Crippen molar-refractivity contribution in [3.8, 4) is 17.2 Å². The van der Waals surface area contributed by atoms with E-state index in [-0.39, 0.29) is 18.0 Å². The summed E-state index contributed by atoms with van der Waals surface area (Å²) in [7, 11) is 0. The normalized spacial score (nSPS) is 17.8. The van der Waals surface area contributed by atoms with Gasteiger partial charge < -0.3 is 10.1 Å². The first-order chi connectivity index (χ1) is 22.9. The molecule has 2 aliphatic rings. The van der Waals surface area contributed by atoms with E-state index >= 15 is 0 Å². The lowest BCUT2D eigenvalue weighted by Gasteiger charge is -2.36. The highest BCUT2D eigenvalue weighted by Gasteiger charge is 2.33. The Kier molecular flexibility index (Phi) is 10.1. The Bertz CT molecular complexity index is 1710. The van der Waals surface area contributed by atoms with Crippen molar-refractivity contribution >= 4 is 17.8 Å². The second-order valence-corrected chi connectivity index (χ2v) is 12.5. The molecule has 2 fully saturated rings. The third-order valence-electron chi connectivity index (χ3n) is 9.10. The Hall–Kier alpha value is -4.82. The molecule has 4 heterocycles. The third kappa shape index (κ3) is 7.60. The van der Waals surface area contributed by atoms with Gasteiger partial charge in [-0.1, -0.05) is 37.3 Å². The van der Waals surface area contributed by atoms with E-state index in [0.717, 1.165) is 71.7 Å². The zero-order chi connectivity index (χ0) is 32.8. The number of nitriles is 1. The zero-order valence-corrected chi connectivity index (χ0v) is 27.3. The van der Waals surface area contributed by atoms with Gasteiger partial charge in [-0.3, -0.25) is 9.69 Å². The van der Waals surface area contributed by atoms with Gasteiger partial charge in [-0.25, -0.2) is 29.9 Å². The molecule has 0 atom stereocenters. The van der Waals surface area contributed by atoms with Crippen LogP contribution in [0.4, 0.5) is 11.9 Å². The van der Waals surface area contributed by atoms with Crippen LogP contribution in [-0.2, 0) is 28.8 Å². The molecule has 0 bridgehead atoms. The Morgan fingerprint density at radius 3 is 2.30 bits per heavy atom. The van der Waals surface area contributed by atoms with Crippen LogP contribution in [0.25, 0.3) is 11.1 Å². The Balaban J connectivity index is 1.20. The first-order valence-electron chi connectivity index (χ1n) is 16.5. The number of benzene rings is 1. The number of amides is 1. The van der Waals surface area contributed by atoms with E-state index in [1.54, 1.807) is 6.20 Å². The number of anilines is 2. The quantitative estimate of drug-likeness (QED) is 0.230. The summed E-state index contributed by atoms with van der Waals surface area (Å²) in [5, 5.41) is 13.1. The molecule has 1 aliphatic heterocycles. The molecule has 1 aromatic carbocycles. The molecule has 3 aromatic heterocycles. The minimum Gasteiger partial charge on any atom is -0.381 e. The van der Waals surface area contributed by atoms with Gasteiger partial charge in [-0.2, -0.15) is 5.26 Å². The monoisotopic (exact) mass is 631 g/mol. The molecular weight excluding hydrogens is 590 g/mol. The molecule has 47 heavy (non-hydrogen) atoms. The molecule has 1 saturated carbocycles. The molecule has 1 amide bonds. The number of nitrogens with zero attached hydrogens (tertiary/aromatic N) is 8. The molecule has 0 radical (unpaired) electrons. The van der Waals surface area contributed by atoms with Crippen molar-refractivity contribution < 1.29 is 9.53 Å². The van der Waals surface area contributed by atoms with Gasteiger partial charge in [0.25, 0.3) is 0 Å². The highest BCUT2D eigenvalue weighted by Crippen LogP contribution is 2.31. The molecule has 1 aliphatic carbocycles. The molecule has 4 aromatic rings. The summed E-state index contributed by atoms with van der Waals surface area (Å²) in [5.41, 5.74) is 5.75. The lowest BCUT2D eigenvalue weighted by atomic mass is 9.90. The Morgan fingerprint density at radius 2 is 1.68 bits per heavy atom. The number of nitrogens with one attached hydrogen (secondary N) is 1. The predicted molar refractivity (Wildman–Crippen MR) is 179 cm³/mol. The van der Waals surface area contributed by atoms with Crippen molar-refractivity contribution in [1.82, 2.24) is 29.9 Å². The van der Waals surface area contributed by atoms with Crippen LogP contribution < -0.4 is 10.2 Å². The summed E-state index contributed by atoms with van der Waals surface area (Å²) < 4.78 is 5.31. The largest absolute Gasteiger partial charge is 0.381 e. The van der Waals surface area contributed by atoms with Gasteiger partial charge in [0, 0.05) is 54.4 Å². The van der Waals surface area contributed by atoms with E-state index in [2.05, 4.69) is 38.5 Å². The van der Waals surface area contributed by atoms with Gasteiger partial charge in [0.15, 0.2) is 0 Å². The number of aryl methyl sites for hydroxylation is 4. The molecule has 242 valence electrons. The average Bonchev–Trinajstić information content (AvgIpc) is 3.07. The van der Waals surface area contributed by atoms with Gasteiger partial charge >= 0.3 is 0 Å². The van der Waals surface area contributed by atoms with E-state index in [4.69, 9.17) is 19.7 Å². The van der Waals surface area contributed by atoms with Gasteiger partial charge in [-0.15, -0.1) is 0 Å². The van der Waals surface area contributed by atoms with Crippen LogP contribution in [0.1, 0.15) is 73.1 Å². The number of carbonyl (C=O) groups is 1. The lowest BCUT2D eigenvalue weighted by Crippen LogP contribution is -2.45. The van der Waals surface area contributed by atoms with Crippen LogP contribution in [0, 0.1) is 31.1 Å². The van der Waals surface area contributed by atoms with Gasteiger partial charge in [-0.05, 0) is 57.9 Å². The van der Waals surface area contributed by atoms with Gasteiger partial charge in [0.1, 0.15) is 11.9 Å². The molecular formula is C36H41N9O2. The van der Waals surface area contributed by atoms with Crippen molar-refractivity contribution in [3.05, 3.63) is 83.0 Å². The minimum atomic E-state index is -0.0378. The Labute approximate surface area is 275 Å². The van der Waals surface area contributed by atoms with E-state index in [1.165, 1.54) is 0 Å². The smallest absolute Gasteiger partial charge is 0.232 e. The van der Waals surface area contributed by atoms with Crippen LogP contribution in [0.5, 0.6) is 0 Å². The van der Waals surface area contributed by atoms with E-state index in [9.17, 15) is 10.1 Å². The highest BCUT2D eigenvalue weighted by atomic mass is 16.5. The first-order valence-corrected chi connectivity index (χ1v) is 16.5. The summed E-state index contributed by atoms with van der Waals surface area (Å²) in [5.74, 6) is 2.19. The van der Waals surface area contributed by atoms with Crippen molar-refractivity contribution in [2.75, 3.05) is 23.4 Å². The van der Waals surface area contributed by atoms with Crippen LogP contribution in [-0.4, -0.2) is 61.1 Å². The zero-order valence-electron chi connectivity index (χ0n) is 27.3. The van der Waals surface area contributed by atoms with Crippen molar-refractivity contribution in [2.45, 2.75) is 84.2 Å². The second-order valence-electron chi connectivity index (χ2n) is 12.5. The van der Waals surface area contributed by atoms with Crippen molar-refractivity contribution in [3.63, 3.8) is 0 Å². The number of hydrogen-bond donors (Lipinski definition) is 1. The van der Waals surface area contributed by atoms with Gasteiger partial charge in [0.05, 0.1) is 42.1 Å². The van der Waals surface area contributed by atoms with Crippen LogP contribution in [0.2, 0.25) is 0 Å². The number of ether oxygens (including phenoxy) is 1. The lowest BCUT2D eigenvalue weighted by molar-refractivity contribution is -0.119. The van der Waals surface area contributed by atoms with E-state index in [0.29, 0.717) is 55.9 Å². The SMILES string of the molecule is CCc1ncc(-c2c(C)nc(N(C(=O)CCc3ccccc3)C3CCC(Nc4ncc(C#N)c(CC5COC5)n4)CC3)nc2C)cn1. The topological polar surface area (TPSA) is 143 Å². The highest BCUT2D eigenvalue weighted by molar-refractivity contribution is 5.92. The molecule has 1 saturated heterocycles. The number of carbonyl (C=O) groups excluding carboxylic acids is 1. The minimum absolute atomic E-state index is 0.0208. The second kappa shape index (κ2) is 14.7. The van der Waals surface area contributed by atoms with Crippen molar-refractivity contribution in [2.24, 2.45) is 5.92 Å². The summed E-state index contributed by atoms with van der Waals surface area (Å²) in [6.07, 6.45) is 11.0. The standard InChI is InChI=1S/C36H41N9O2/c1-4-32-38-19-28(20-39-32)34-23(2)41-36(42-24(34)3)45(33(46)15-10-25-8-6-5-7-9-25)30-13-11-29(12-14-30)43-35-40-18-27(17-37)31(44-35)16-26-21-47-22-26/h5-9,18-20,26,29-30H,4,10-16,21-22H2,1-3H3,(H,40,43,44). The Morgan fingerprint density at radius 1 is 0.979 bits per heavy atom. The molecule has 6 rings (SSSR count). The summed E-state index contributed by atoms with van der Waals surface area (Å²) >= 11 is 0. The van der Waals surface area contributed by atoms with Crippen LogP contribution in [0.15, 0.2) is 48.9 Å².